The van der Waals surface area contributed by atoms with Crippen LogP contribution in [0.15, 0.2) is 18.2 Å². The quantitative estimate of drug-likeness (QED) is 0.701. The van der Waals surface area contributed by atoms with Gasteiger partial charge in [0.2, 0.25) is 0 Å². The third kappa shape index (κ3) is 4.45. The molecule has 0 saturated carbocycles. The van der Waals surface area contributed by atoms with E-state index in [9.17, 15) is 9.50 Å². The third-order valence-corrected chi connectivity index (χ3v) is 4.90. The number of benzene rings is 1. The van der Waals surface area contributed by atoms with E-state index in [-0.39, 0.29) is 23.1 Å². The van der Waals surface area contributed by atoms with Crippen LogP contribution >= 0.6 is 11.6 Å². The molecule has 134 valence electrons. The Morgan fingerprint density at radius 3 is 3.00 bits per heavy atom. The predicted molar refractivity (Wildman–Crippen MR) is 89.4 cm³/mol. The van der Waals surface area contributed by atoms with Crippen molar-refractivity contribution in [3.63, 3.8) is 0 Å². The highest BCUT2D eigenvalue weighted by atomic mass is 35.5. The number of aliphatic hydroxyl groups excluding tert-OH is 1. The summed E-state index contributed by atoms with van der Waals surface area (Å²) >= 11 is 5.78. The number of halogens is 2. The van der Waals surface area contributed by atoms with Crippen molar-refractivity contribution >= 4 is 11.6 Å². The molecule has 3 rings (SSSR count). The van der Waals surface area contributed by atoms with E-state index in [0.717, 1.165) is 31.5 Å². The van der Waals surface area contributed by atoms with Crippen LogP contribution in [0.3, 0.4) is 0 Å². The number of aliphatic hydroxyl groups is 1. The molecule has 0 radical (unpaired) electrons. The second-order valence-electron chi connectivity index (χ2n) is 6.33. The number of ether oxygens (including phenoxy) is 2. The van der Waals surface area contributed by atoms with E-state index in [1.165, 1.54) is 6.07 Å². The van der Waals surface area contributed by atoms with Gasteiger partial charge in [-0.2, -0.15) is 0 Å². The van der Waals surface area contributed by atoms with Gasteiger partial charge in [0, 0.05) is 32.2 Å². The normalized spacial score (nSPS) is 29.4. The van der Waals surface area contributed by atoms with Gasteiger partial charge in [-0.3, -0.25) is 5.32 Å². The van der Waals surface area contributed by atoms with Crippen LogP contribution in [0.25, 0.3) is 0 Å². The molecular weight excluding hydrogens is 335 g/mol. The zero-order valence-electron chi connectivity index (χ0n) is 13.5. The van der Waals surface area contributed by atoms with E-state index in [1.54, 1.807) is 12.1 Å². The van der Waals surface area contributed by atoms with Gasteiger partial charge in [-0.15, -0.1) is 0 Å². The van der Waals surface area contributed by atoms with E-state index in [4.69, 9.17) is 21.1 Å². The van der Waals surface area contributed by atoms with Crippen molar-refractivity contribution in [1.29, 1.82) is 0 Å². The smallest absolute Gasteiger partial charge is 0.142 e. The molecule has 2 aliphatic rings. The van der Waals surface area contributed by atoms with Gasteiger partial charge in [0.1, 0.15) is 12.0 Å². The van der Waals surface area contributed by atoms with E-state index < -0.39 is 12.0 Å². The lowest BCUT2D eigenvalue weighted by Gasteiger charge is -2.28. The van der Waals surface area contributed by atoms with Crippen LogP contribution in [0.2, 0.25) is 5.02 Å². The molecule has 4 unspecified atom stereocenters. The van der Waals surface area contributed by atoms with Crippen molar-refractivity contribution in [1.82, 2.24) is 10.6 Å². The van der Waals surface area contributed by atoms with Crippen LogP contribution in [-0.2, 0) is 9.47 Å². The zero-order chi connectivity index (χ0) is 16.9. The number of nitrogens with one attached hydrogen (secondary N) is 2. The highest BCUT2D eigenvalue weighted by Crippen LogP contribution is 2.29. The number of rotatable bonds is 5. The Labute approximate surface area is 146 Å². The Kier molecular flexibility index (Phi) is 6.43. The van der Waals surface area contributed by atoms with E-state index in [0.29, 0.717) is 19.8 Å². The Morgan fingerprint density at radius 2 is 2.25 bits per heavy atom. The van der Waals surface area contributed by atoms with Crippen LogP contribution in [0.5, 0.6) is 0 Å². The lowest BCUT2D eigenvalue weighted by Crippen LogP contribution is -2.44. The summed E-state index contributed by atoms with van der Waals surface area (Å²) in [5.41, 5.74) is 0.763. The predicted octanol–water partition coefficient (Wildman–Crippen LogP) is 1.84. The minimum Gasteiger partial charge on any atom is -0.376 e. The second-order valence-corrected chi connectivity index (χ2v) is 6.74. The van der Waals surface area contributed by atoms with Gasteiger partial charge in [0.25, 0.3) is 0 Å². The summed E-state index contributed by atoms with van der Waals surface area (Å²) in [5, 5.41) is 16.8. The highest BCUT2D eigenvalue weighted by molar-refractivity contribution is 6.30. The average Bonchev–Trinajstić information content (AvgIpc) is 3.02. The maximum atomic E-state index is 13.8. The molecule has 0 aliphatic carbocycles. The van der Waals surface area contributed by atoms with Gasteiger partial charge in [0.15, 0.2) is 0 Å². The summed E-state index contributed by atoms with van der Waals surface area (Å²) in [7, 11) is 0. The summed E-state index contributed by atoms with van der Waals surface area (Å²) < 4.78 is 25.2. The molecule has 0 bridgehead atoms. The summed E-state index contributed by atoms with van der Waals surface area (Å²) in [6.45, 7) is 3.27. The third-order valence-electron chi connectivity index (χ3n) is 4.59. The number of hydrogen-bond donors (Lipinski definition) is 3. The average molecular weight is 359 g/mol. The van der Waals surface area contributed by atoms with Gasteiger partial charge in [-0.05, 0) is 30.5 Å². The zero-order valence-corrected chi connectivity index (χ0v) is 14.3. The standard InChI is InChI=1S/C17H24ClFN2O3/c18-13-4-3-11(8-14(13)19)16-12(9-20-5-7-24-16)10-21-17(22)15-2-1-6-23-15/h3-4,8,12,15-17,20-22H,1-2,5-7,9-10H2. The Hall–Kier alpha value is -0.760. The second kappa shape index (κ2) is 8.56. The molecule has 24 heavy (non-hydrogen) atoms. The van der Waals surface area contributed by atoms with Crippen LogP contribution in [0.4, 0.5) is 4.39 Å². The number of hydrogen-bond acceptors (Lipinski definition) is 5. The molecule has 0 spiro atoms. The van der Waals surface area contributed by atoms with E-state index >= 15 is 0 Å². The summed E-state index contributed by atoms with van der Waals surface area (Å²) in [5.74, 6) is -0.384. The van der Waals surface area contributed by atoms with E-state index in [1.807, 2.05) is 0 Å². The Bertz CT molecular complexity index is 543. The molecule has 4 atom stereocenters. The molecule has 1 aromatic carbocycles. The van der Waals surface area contributed by atoms with Gasteiger partial charge >= 0.3 is 0 Å². The fourth-order valence-electron chi connectivity index (χ4n) is 3.28. The molecule has 2 fully saturated rings. The fraction of sp³-hybridized carbons (Fsp3) is 0.647. The van der Waals surface area contributed by atoms with Crippen LogP contribution in [-0.4, -0.2) is 50.3 Å². The Balaban J connectivity index is 1.66. The van der Waals surface area contributed by atoms with Crippen molar-refractivity contribution in [2.24, 2.45) is 5.92 Å². The lowest BCUT2D eigenvalue weighted by atomic mass is 9.95. The molecule has 1 aromatic rings. The van der Waals surface area contributed by atoms with Crippen LogP contribution in [0.1, 0.15) is 24.5 Å². The summed E-state index contributed by atoms with van der Waals surface area (Å²) in [4.78, 5) is 0. The van der Waals surface area contributed by atoms with Crippen molar-refractivity contribution in [3.8, 4) is 0 Å². The molecule has 2 heterocycles. The molecule has 0 aromatic heterocycles. The highest BCUT2D eigenvalue weighted by Gasteiger charge is 2.29. The lowest BCUT2D eigenvalue weighted by molar-refractivity contribution is -0.0276. The van der Waals surface area contributed by atoms with Crippen LogP contribution in [0, 0.1) is 11.7 Å². The molecular formula is C17H24ClFN2O3. The molecule has 2 saturated heterocycles. The van der Waals surface area contributed by atoms with Gasteiger partial charge in [0.05, 0.1) is 23.8 Å². The summed E-state index contributed by atoms with van der Waals surface area (Å²) in [6, 6.07) is 4.78. The Morgan fingerprint density at radius 1 is 1.38 bits per heavy atom. The van der Waals surface area contributed by atoms with Crippen molar-refractivity contribution < 1.29 is 19.0 Å². The van der Waals surface area contributed by atoms with Crippen molar-refractivity contribution in [3.05, 3.63) is 34.6 Å². The van der Waals surface area contributed by atoms with Gasteiger partial charge in [-0.1, -0.05) is 17.7 Å². The topological polar surface area (TPSA) is 62.8 Å². The minimum atomic E-state index is -0.696. The summed E-state index contributed by atoms with van der Waals surface area (Å²) in [6.07, 6.45) is 0.731. The van der Waals surface area contributed by atoms with Crippen LogP contribution < -0.4 is 10.6 Å². The first-order chi connectivity index (χ1) is 11.6. The molecule has 3 N–H and O–H groups in total. The first kappa shape index (κ1) is 18.0. The first-order valence-electron chi connectivity index (χ1n) is 8.45. The molecule has 2 aliphatic heterocycles. The fourth-order valence-corrected chi connectivity index (χ4v) is 3.40. The van der Waals surface area contributed by atoms with Crippen molar-refractivity contribution in [2.45, 2.75) is 31.3 Å². The SMILES string of the molecule is OC(NCC1CNCCOC1c1ccc(Cl)c(F)c1)C1CCCO1. The van der Waals surface area contributed by atoms with Crippen molar-refractivity contribution in [2.75, 3.05) is 32.8 Å². The molecule has 7 heteroatoms. The largest absolute Gasteiger partial charge is 0.376 e. The molecule has 5 nitrogen and oxygen atoms in total. The monoisotopic (exact) mass is 358 g/mol. The van der Waals surface area contributed by atoms with Gasteiger partial charge < -0.3 is 19.9 Å². The van der Waals surface area contributed by atoms with E-state index in [2.05, 4.69) is 10.6 Å². The van der Waals surface area contributed by atoms with Gasteiger partial charge in [-0.25, -0.2) is 4.39 Å². The minimum absolute atomic E-state index is 0.0594. The first-order valence-corrected chi connectivity index (χ1v) is 8.83. The maximum absolute atomic E-state index is 13.8. The molecule has 0 amide bonds. The maximum Gasteiger partial charge on any atom is 0.142 e.